The number of amides is 1. The Kier molecular flexibility index (Phi) is 4.66. The number of hydrogen-bond donors (Lipinski definition) is 0. The first-order chi connectivity index (χ1) is 13.5. The van der Waals surface area contributed by atoms with Crippen molar-refractivity contribution in [3.63, 3.8) is 0 Å². The molecule has 1 aromatic carbocycles. The number of likely N-dealkylation sites (tertiary alicyclic amines) is 1. The van der Waals surface area contributed by atoms with Gasteiger partial charge < -0.3 is 9.32 Å². The molecule has 0 N–H and O–H groups in total. The highest BCUT2D eigenvalue weighted by molar-refractivity contribution is 5.92. The lowest BCUT2D eigenvalue weighted by Crippen LogP contribution is -2.43. The van der Waals surface area contributed by atoms with Crippen LogP contribution in [0, 0.1) is 12.7 Å². The van der Waals surface area contributed by atoms with E-state index in [-0.39, 0.29) is 11.7 Å². The fourth-order valence-corrected chi connectivity index (χ4v) is 3.64. The average Bonchev–Trinajstić information content (AvgIpc) is 3.29. The van der Waals surface area contributed by atoms with Crippen molar-refractivity contribution in [1.82, 2.24) is 19.9 Å². The van der Waals surface area contributed by atoms with E-state index < -0.39 is 5.54 Å². The van der Waals surface area contributed by atoms with Gasteiger partial charge in [-0.15, -0.1) is 0 Å². The minimum atomic E-state index is -0.649. The minimum Gasteiger partial charge on any atom is -0.443 e. The van der Waals surface area contributed by atoms with Crippen molar-refractivity contribution in [1.29, 1.82) is 0 Å². The molecule has 1 amide bonds. The third-order valence-electron chi connectivity index (χ3n) is 5.17. The van der Waals surface area contributed by atoms with Gasteiger partial charge >= 0.3 is 0 Å². The number of oxazole rings is 1. The maximum Gasteiger partial charge on any atom is 0.274 e. The highest BCUT2D eigenvalue weighted by atomic mass is 19.1. The van der Waals surface area contributed by atoms with Crippen molar-refractivity contribution < 1.29 is 13.6 Å². The number of rotatable bonds is 4. The first kappa shape index (κ1) is 18.3. The molecule has 3 heterocycles. The van der Waals surface area contributed by atoms with Gasteiger partial charge in [0.25, 0.3) is 5.91 Å². The number of hydrogen-bond acceptors (Lipinski definition) is 5. The summed E-state index contributed by atoms with van der Waals surface area (Å²) in [5.74, 6) is 0.662. The summed E-state index contributed by atoms with van der Waals surface area (Å²) in [6.07, 6.45) is 6.78. The summed E-state index contributed by atoms with van der Waals surface area (Å²) in [5, 5.41) is 0. The van der Waals surface area contributed by atoms with Gasteiger partial charge in [0.2, 0.25) is 5.89 Å². The lowest BCUT2D eigenvalue weighted by Gasteiger charge is -2.32. The molecule has 1 fully saturated rings. The summed E-state index contributed by atoms with van der Waals surface area (Å²) in [6.45, 7) is 4.39. The third-order valence-corrected chi connectivity index (χ3v) is 5.17. The lowest BCUT2D eigenvalue weighted by molar-refractivity contribution is 0.0557. The van der Waals surface area contributed by atoms with Gasteiger partial charge in [-0.3, -0.25) is 9.78 Å². The van der Waals surface area contributed by atoms with Crippen LogP contribution in [0.1, 0.15) is 53.2 Å². The lowest BCUT2D eigenvalue weighted by atomic mass is 9.98. The van der Waals surface area contributed by atoms with E-state index in [0.717, 1.165) is 24.1 Å². The number of carbonyl (C=O) groups is 1. The highest BCUT2D eigenvalue weighted by Gasteiger charge is 2.45. The number of aryl methyl sites for hydroxylation is 1. The van der Waals surface area contributed by atoms with Crippen molar-refractivity contribution in [2.75, 3.05) is 6.54 Å². The zero-order chi connectivity index (χ0) is 19.7. The summed E-state index contributed by atoms with van der Waals surface area (Å²) >= 11 is 0. The van der Waals surface area contributed by atoms with Crippen LogP contribution in [-0.2, 0) is 12.0 Å². The van der Waals surface area contributed by atoms with E-state index in [0.29, 0.717) is 30.3 Å². The molecule has 1 aliphatic heterocycles. The number of carbonyl (C=O) groups excluding carboxylic acids is 1. The average molecular weight is 380 g/mol. The molecule has 1 atom stereocenters. The van der Waals surface area contributed by atoms with E-state index >= 15 is 0 Å². The van der Waals surface area contributed by atoms with Crippen molar-refractivity contribution >= 4 is 5.91 Å². The molecule has 0 radical (unpaired) electrons. The molecule has 6 nitrogen and oxygen atoms in total. The quantitative estimate of drug-likeness (QED) is 0.691. The van der Waals surface area contributed by atoms with Gasteiger partial charge in [0.1, 0.15) is 22.8 Å². The summed E-state index contributed by atoms with van der Waals surface area (Å²) in [4.78, 5) is 27.6. The Morgan fingerprint density at radius 1 is 1.25 bits per heavy atom. The van der Waals surface area contributed by atoms with Crippen LogP contribution in [0.3, 0.4) is 0 Å². The molecule has 0 spiro atoms. The summed E-state index contributed by atoms with van der Waals surface area (Å²) in [5.41, 5.74) is 1.23. The summed E-state index contributed by atoms with van der Waals surface area (Å²) in [7, 11) is 0. The maximum absolute atomic E-state index is 13.4. The molecular formula is C21H21FN4O2. The minimum absolute atomic E-state index is 0.183. The first-order valence-electron chi connectivity index (χ1n) is 9.26. The Hall–Kier alpha value is -3.09. The van der Waals surface area contributed by atoms with Crippen LogP contribution in [-0.4, -0.2) is 32.3 Å². The van der Waals surface area contributed by atoms with Crippen molar-refractivity contribution in [2.45, 2.75) is 38.6 Å². The summed E-state index contributed by atoms with van der Waals surface area (Å²) < 4.78 is 19.4. The van der Waals surface area contributed by atoms with E-state index in [2.05, 4.69) is 15.0 Å². The molecule has 4 rings (SSSR count). The SMILES string of the molecule is Cc1cnc(C(=O)N2CCC[C@]2(C)c2ncc(Cc3cccc(F)c3)o2)cn1. The van der Waals surface area contributed by atoms with Gasteiger partial charge in [0, 0.05) is 19.2 Å². The Bertz CT molecular complexity index is 1000. The Balaban J connectivity index is 1.57. The molecule has 0 unspecified atom stereocenters. The largest absolute Gasteiger partial charge is 0.443 e. The second kappa shape index (κ2) is 7.14. The molecule has 144 valence electrons. The van der Waals surface area contributed by atoms with Gasteiger partial charge in [0.15, 0.2) is 0 Å². The highest BCUT2D eigenvalue weighted by Crippen LogP contribution is 2.39. The van der Waals surface area contributed by atoms with Gasteiger partial charge in [-0.05, 0) is 44.4 Å². The molecule has 28 heavy (non-hydrogen) atoms. The monoisotopic (exact) mass is 380 g/mol. The smallest absolute Gasteiger partial charge is 0.274 e. The number of aromatic nitrogens is 3. The van der Waals surface area contributed by atoms with Gasteiger partial charge in [0.05, 0.1) is 18.1 Å². The molecule has 3 aromatic rings. The van der Waals surface area contributed by atoms with E-state index in [1.165, 1.54) is 18.3 Å². The second-order valence-electron chi connectivity index (χ2n) is 7.32. The standard InChI is InChI=1S/C21H21FN4O2/c1-14-11-24-18(13-23-14)19(27)26-8-4-7-21(26,2)20-25-12-17(28-20)10-15-5-3-6-16(22)9-15/h3,5-6,9,11-13H,4,7-8,10H2,1-2H3/t21-/m1/s1. The molecule has 1 aliphatic rings. The van der Waals surface area contributed by atoms with Crippen LogP contribution in [0.4, 0.5) is 4.39 Å². The van der Waals surface area contributed by atoms with Crippen LogP contribution in [0.5, 0.6) is 0 Å². The normalized spacial score (nSPS) is 19.2. The molecular weight excluding hydrogens is 359 g/mol. The van der Waals surface area contributed by atoms with Gasteiger partial charge in [-0.25, -0.2) is 14.4 Å². The van der Waals surface area contributed by atoms with E-state index in [4.69, 9.17) is 4.42 Å². The van der Waals surface area contributed by atoms with Gasteiger partial charge in [-0.1, -0.05) is 12.1 Å². The Labute approximate surface area is 162 Å². The van der Waals surface area contributed by atoms with Gasteiger partial charge in [-0.2, -0.15) is 0 Å². The zero-order valence-electron chi connectivity index (χ0n) is 15.9. The second-order valence-corrected chi connectivity index (χ2v) is 7.32. The fraction of sp³-hybridized carbons (Fsp3) is 0.333. The van der Waals surface area contributed by atoms with E-state index in [1.807, 2.05) is 19.9 Å². The molecule has 1 saturated heterocycles. The molecule has 7 heteroatoms. The predicted molar refractivity (Wildman–Crippen MR) is 100 cm³/mol. The molecule has 0 aliphatic carbocycles. The number of nitrogens with zero attached hydrogens (tertiary/aromatic N) is 4. The van der Waals surface area contributed by atoms with Crippen molar-refractivity contribution in [3.05, 3.63) is 77.3 Å². The summed E-state index contributed by atoms with van der Waals surface area (Å²) in [6, 6.07) is 6.40. The van der Waals surface area contributed by atoms with Crippen molar-refractivity contribution in [3.8, 4) is 0 Å². The maximum atomic E-state index is 13.4. The Morgan fingerprint density at radius 3 is 2.86 bits per heavy atom. The zero-order valence-corrected chi connectivity index (χ0v) is 15.9. The Morgan fingerprint density at radius 2 is 2.11 bits per heavy atom. The molecule has 2 aromatic heterocycles. The van der Waals surface area contributed by atoms with Crippen LogP contribution in [0.15, 0.2) is 47.3 Å². The van der Waals surface area contributed by atoms with E-state index in [1.54, 1.807) is 23.4 Å². The molecule has 0 bridgehead atoms. The molecule has 0 saturated carbocycles. The topological polar surface area (TPSA) is 72.1 Å². The van der Waals surface area contributed by atoms with E-state index in [9.17, 15) is 9.18 Å². The van der Waals surface area contributed by atoms with Crippen LogP contribution >= 0.6 is 0 Å². The van der Waals surface area contributed by atoms with Crippen LogP contribution in [0.2, 0.25) is 0 Å². The number of benzene rings is 1. The first-order valence-corrected chi connectivity index (χ1v) is 9.26. The van der Waals surface area contributed by atoms with Crippen LogP contribution < -0.4 is 0 Å². The third kappa shape index (κ3) is 3.40. The predicted octanol–water partition coefficient (Wildman–Crippen LogP) is 3.65. The van der Waals surface area contributed by atoms with Crippen molar-refractivity contribution in [2.24, 2.45) is 0 Å². The number of halogens is 1. The fourth-order valence-electron chi connectivity index (χ4n) is 3.64. The van der Waals surface area contributed by atoms with Crippen LogP contribution in [0.25, 0.3) is 0 Å².